The molecule has 0 heterocycles. The summed E-state index contributed by atoms with van der Waals surface area (Å²) in [5.74, 6) is -3.32. The Morgan fingerprint density at radius 3 is 2.43 bits per heavy atom. The molecule has 2 rings (SSSR count). The SMILES string of the molecule is O=S(=O)(Nc1ccc(F)cc1OCCO)c1ccc(F)c(F)c1. The highest BCUT2D eigenvalue weighted by molar-refractivity contribution is 7.92. The van der Waals surface area contributed by atoms with E-state index in [1.807, 2.05) is 0 Å². The standard InChI is InChI=1S/C14H12F3NO4S/c15-9-1-4-13(14(7-9)22-6-5-19)18-23(20,21)10-2-3-11(16)12(17)8-10/h1-4,7-8,18-19H,5-6H2. The second-order valence-electron chi connectivity index (χ2n) is 4.39. The van der Waals surface area contributed by atoms with Crippen LogP contribution in [-0.2, 0) is 10.0 Å². The minimum atomic E-state index is -4.23. The summed E-state index contributed by atoms with van der Waals surface area (Å²) < 4.78 is 70.8. The van der Waals surface area contributed by atoms with Crippen LogP contribution >= 0.6 is 0 Å². The van der Waals surface area contributed by atoms with Gasteiger partial charge in [-0.3, -0.25) is 4.72 Å². The van der Waals surface area contributed by atoms with Crippen molar-refractivity contribution >= 4 is 15.7 Å². The van der Waals surface area contributed by atoms with Crippen LogP contribution in [0.25, 0.3) is 0 Å². The van der Waals surface area contributed by atoms with Crippen LogP contribution in [0.1, 0.15) is 0 Å². The van der Waals surface area contributed by atoms with Gasteiger partial charge in [-0.05, 0) is 30.3 Å². The largest absolute Gasteiger partial charge is 0.489 e. The summed E-state index contributed by atoms with van der Waals surface area (Å²) in [5.41, 5.74) is -0.107. The summed E-state index contributed by atoms with van der Waals surface area (Å²) in [6, 6.07) is 5.12. The van der Waals surface area contributed by atoms with Crippen molar-refractivity contribution in [2.75, 3.05) is 17.9 Å². The first-order valence-corrected chi connectivity index (χ1v) is 7.83. The number of anilines is 1. The molecule has 0 aliphatic rings. The van der Waals surface area contributed by atoms with Gasteiger partial charge in [0.05, 0.1) is 17.2 Å². The number of benzene rings is 2. The highest BCUT2D eigenvalue weighted by atomic mass is 32.2. The lowest BCUT2D eigenvalue weighted by Crippen LogP contribution is -2.15. The first kappa shape index (κ1) is 17.1. The maximum absolute atomic E-state index is 13.2. The predicted octanol–water partition coefficient (Wildman–Crippen LogP) is 2.28. The molecule has 5 nitrogen and oxygen atoms in total. The van der Waals surface area contributed by atoms with Gasteiger partial charge in [0.1, 0.15) is 18.2 Å². The zero-order valence-electron chi connectivity index (χ0n) is 11.6. The van der Waals surface area contributed by atoms with Gasteiger partial charge in [-0.25, -0.2) is 21.6 Å². The number of halogens is 3. The van der Waals surface area contributed by atoms with Crippen LogP contribution in [0.2, 0.25) is 0 Å². The van der Waals surface area contributed by atoms with E-state index < -0.39 is 32.4 Å². The number of rotatable bonds is 6. The van der Waals surface area contributed by atoms with Crippen molar-refractivity contribution in [1.29, 1.82) is 0 Å². The Balaban J connectivity index is 2.34. The molecule has 0 amide bonds. The van der Waals surface area contributed by atoms with E-state index in [1.165, 1.54) is 0 Å². The van der Waals surface area contributed by atoms with Crippen molar-refractivity contribution in [2.24, 2.45) is 0 Å². The molecule has 124 valence electrons. The van der Waals surface area contributed by atoms with E-state index in [9.17, 15) is 21.6 Å². The van der Waals surface area contributed by atoms with Crippen molar-refractivity contribution < 1.29 is 31.4 Å². The molecule has 0 aromatic heterocycles. The number of hydrogen-bond donors (Lipinski definition) is 2. The zero-order valence-corrected chi connectivity index (χ0v) is 12.4. The normalized spacial score (nSPS) is 11.3. The molecule has 9 heteroatoms. The van der Waals surface area contributed by atoms with Gasteiger partial charge < -0.3 is 9.84 Å². The van der Waals surface area contributed by atoms with E-state index in [2.05, 4.69) is 4.72 Å². The Kier molecular flexibility index (Phi) is 5.12. The van der Waals surface area contributed by atoms with Crippen molar-refractivity contribution in [3.05, 3.63) is 53.8 Å². The number of nitrogens with one attached hydrogen (secondary N) is 1. The average Bonchev–Trinajstić information content (AvgIpc) is 2.50. The third-order valence-electron chi connectivity index (χ3n) is 2.74. The Bertz CT molecular complexity index is 812. The van der Waals surface area contributed by atoms with Crippen molar-refractivity contribution in [1.82, 2.24) is 0 Å². The van der Waals surface area contributed by atoms with Crippen LogP contribution in [0.3, 0.4) is 0 Å². The second-order valence-corrected chi connectivity index (χ2v) is 6.08. The number of aliphatic hydroxyl groups excluding tert-OH is 1. The Hall–Kier alpha value is -2.26. The summed E-state index contributed by atoms with van der Waals surface area (Å²) >= 11 is 0. The summed E-state index contributed by atoms with van der Waals surface area (Å²) in [6.07, 6.45) is 0. The Morgan fingerprint density at radius 2 is 1.78 bits per heavy atom. The molecule has 2 aromatic rings. The monoisotopic (exact) mass is 347 g/mol. The molecule has 0 aliphatic heterocycles. The first-order chi connectivity index (χ1) is 10.8. The summed E-state index contributed by atoms with van der Waals surface area (Å²) in [7, 11) is -4.23. The third kappa shape index (κ3) is 4.14. The van der Waals surface area contributed by atoms with Crippen molar-refractivity contribution in [3.8, 4) is 5.75 Å². The van der Waals surface area contributed by atoms with E-state index in [-0.39, 0.29) is 24.7 Å². The fraction of sp³-hybridized carbons (Fsp3) is 0.143. The lowest BCUT2D eigenvalue weighted by molar-refractivity contribution is 0.201. The molecule has 0 spiro atoms. The van der Waals surface area contributed by atoms with Crippen molar-refractivity contribution in [2.45, 2.75) is 4.90 Å². The number of ether oxygens (including phenoxy) is 1. The van der Waals surface area contributed by atoms with Crippen LogP contribution in [0.5, 0.6) is 5.75 Å². The Morgan fingerprint density at radius 1 is 1.04 bits per heavy atom. The quantitative estimate of drug-likeness (QED) is 0.841. The van der Waals surface area contributed by atoms with Gasteiger partial charge in [-0.2, -0.15) is 0 Å². The van der Waals surface area contributed by atoms with Gasteiger partial charge in [0.2, 0.25) is 0 Å². The van der Waals surface area contributed by atoms with E-state index in [0.29, 0.717) is 12.1 Å². The topological polar surface area (TPSA) is 75.6 Å². The van der Waals surface area contributed by atoms with E-state index in [4.69, 9.17) is 9.84 Å². The van der Waals surface area contributed by atoms with Crippen LogP contribution in [0, 0.1) is 17.5 Å². The minimum Gasteiger partial charge on any atom is -0.489 e. The van der Waals surface area contributed by atoms with Gasteiger partial charge in [0.15, 0.2) is 11.6 Å². The van der Waals surface area contributed by atoms with Crippen LogP contribution < -0.4 is 9.46 Å². The molecule has 0 fully saturated rings. The molecule has 2 aromatic carbocycles. The number of sulfonamides is 1. The van der Waals surface area contributed by atoms with Gasteiger partial charge in [-0.15, -0.1) is 0 Å². The molecular formula is C14H12F3NO4S. The lowest BCUT2D eigenvalue weighted by Gasteiger charge is -2.13. The van der Waals surface area contributed by atoms with E-state index >= 15 is 0 Å². The molecule has 0 atom stereocenters. The third-order valence-corrected chi connectivity index (χ3v) is 4.10. The van der Waals surface area contributed by atoms with Gasteiger partial charge in [0, 0.05) is 6.07 Å². The molecular weight excluding hydrogens is 335 g/mol. The second kappa shape index (κ2) is 6.88. The molecule has 0 saturated carbocycles. The van der Waals surface area contributed by atoms with E-state index in [0.717, 1.165) is 24.3 Å². The Labute approximate surface area is 130 Å². The fourth-order valence-electron chi connectivity index (χ4n) is 1.70. The predicted molar refractivity (Wildman–Crippen MR) is 76.1 cm³/mol. The fourth-order valence-corrected chi connectivity index (χ4v) is 2.79. The van der Waals surface area contributed by atoms with Crippen LogP contribution in [0.4, 0.5) is 18.9 Å². The molecule has 0 radical (unpaired) electrons. The summed E-state index contributed by atoms with van der Waals surface area (Å²) in [4.78, 5) is -0.506. The zero-order chi connectivity index (χ0) is 17.0. The molecule has 0 unspecified atom stereocenters. The average molecular weight is 347 g/mol. The number of aliphatic hydroxyl groups is 1. The van der Waals surface area contributed by atoms with Crippen LogP contribution in [-0.4, -0.2) is 26.7 Å². The van der Waals surface area contributed by atoms with Crippen molar-refractivity contribution in [3.63, 3.8) is 0 Å². The first-order valence-electron chi connectivity index (χ1n) is 6.34. The molecule has 0 bridgehead atoms. The molecule has 23 heavy (non-hydrogen) atoms. The van der Waals surface area contributed by atoms with Crippen LogP contribution in [0.15, 0.2) is 41.3 Å². The maximum atomic E-state index is 13.2. The lowest BCUT2D eigenvalue weighted by atomic mass is 10.3. The smallest absolute Gasteiger partial charge is 0.262 e. The highest BCUT2D eigenvalue weighted by Crippen LogP contribution is 2.28. The molecule has 0 aliphatic carbocycles. The highest BCUT2D eigenvalue weighted by Gasteiger charge is 2.19. The van der Waals surface area contributed by atoms with Gasteiger partial charge in [-0.1, -0.05) is 0 Å². The summed E-state index contributed by atoms with van der Waals surface area (Å²) in [6.45, 7) is -0.533. The number of hydrogen-bond acceptors (Lipinski definition) is 4. The maximum Gasteiger partial charge on any atom is 0.262 e. The molecule has 0 saturated heterocycles. The van der Waals surface area contributed by atoms with E-state index in [1.54, 1.807) is 0 Å². The minimum absolute atomic E-state index is 0.107. The van der Waals surface area contributed by atoms with Gasteiger partial charge >= 0.3 is 0 Å². The van der Waals surface area contributed by atoms with Gasteiger partial charge in [0.25, 0.3) is 10.0 Å². The summed E-state index contributed by atoms with van der Waals surface area (Å²) in [5, 5.41) is 8.72. The molecule has 2 N–H and O–H groups in total.